The highest BCUT2D eigenvalue weighted by atomic mass is 32.2. The van der Waals surface area contributed by atoms with Gasteiger partial charge in [-0.3, -0.25) is 4.98 Å². The highest BCUT2D eigenvalue weighted by Crippen LogP contribution is 2.38. The number of methoxy groups -OCH3 is 1. The number of aliphatic hydroxyl groups excluding tert-OH is 1. The van der Waals surface area contributed by atoms with Crippen LogP contribution in [0.5, 0.6) is 11.5 Å². The highest BCUT2D eigenvalue weighted by Gasteiger charge is 2.32. The van der Waals surface area contributed by atoms with Crippen LogP contribution in [0.1, 0.15) is 30.9 Å². The standard InChI is InChI=1S/C31H33F3N2O5S/c1-3-22-10-13-26(14-11-22)42(38,39)29-21-35-28-15-12-25(41-31(32,33)34)20-27(28)30(29)36(17-6-18-37)16-5-8-23-7-4-9-24(19-23)40-2/h4,7,9-15,19-21,37H,3,5-6,8,16-18H2,1-2H3. The number of aromatic nitrogens is 1. The third kappa shape index (κ3) is 7.51. The fourth-order valence-corrected chi connectivity index (χ4v) is 6.22. The van der Waals surface area contributed by atoms with Crippen molar-refractivity contribution < 1.29 is 36.2 Å². The minimum absolute atomic E-state index is 0.0447. The van der Waals surface area contributed by atoms with E-state index in [1.165, 1.54) is 30.5 Å². The molecule has 0 amide bonds. The lowest BCUT2D eigenvalue weighted by atomic mass is 10.1. The summed E-state index contributed by atoms with van der Waals surface area (Å²) < 4.78 is 76.9. The van der Waals surface area contributed by atoms with Crippen LogP contribution in [0.3, 0.4) is 0 Å². The second-order valence-electron chi connectivity index (χ2n) is 9.72. The molecule has 0 aliphatic heterocycles. The smallest absolute Gasteiger partial charge is 0.497 e. The van der Waals surface area contributed by atoms with Crippen molar-refractivity contribution in [2.24, 2.45) is 0 Å². The normalized spacial score (nSPS) is 12.0. The Morgan fingerprint density at radius 1 is 0.929 bits per heavy atom. The number of sulfone groups is 1. The van der Waals surface area contributed by atoms with Gasteiger partial charge in [0.25, 0.3) is 0 Å². The number of pyridine rings is 1. The number of aliphatic hydroxyl groups is 1. The topological polar surface area (TPSA) is 89.0 Å². The molecular formula is C31H33F3N2O5S. The summed E-state index contributed by atoms with van der Waals surface area (Å²) in [4.78, 5) is 6.01. The van der Waals surface area contributed by atoms with Crippen LogP contribution in [0.15, 0.2) is 82.7 Å². The minimum atomic E-state index is -4.93. The molecule has 0 atom stereocenters. The summed E-state index contributed by atoms with van der Waals surface area (Å²) in [6, 6.07) is 17.8. The fraction of sp³-hybridized carbons (Fsp3) is 0.323. The molecule has 42 heavy (non-hydrogen) atoms. The maximum Gasteiger partial charge on any atom is 0.573 e. The van der Waals surface area contributed by atoms with E-state index in [9.17, 15) is 26.7 Å². The van der Waals surface area contributed by atoms with Crippen molar-refractivity contribution in [1.82, 2.24) is 4.98 Å². The van der Waals surface area contributed by atoms with Gasteiger partial charge < -0.3 is 19.5 Å². The van der Waals surface area contributed by atoms with E-state index in [0.29, 0.717) is 37.1 Å². The van der Waals surface area contributed by atoms with Gasteiger partial charge >= 0.3 is 6.36 Å². The zero-order valence-corrected chi connectivity index (χ0v) is 24.2. The number of rotatable bonds is 13. The molecule has 0 fully saturated rings. The SMILES string of the molecule is CCc1ccc(S(=O)(=O)c2cnc3ccc(OC(F)(F)F)cc3c2N(CCCO)CCCc2cccc(OC)c2)cc1. The van der Waals surface area contributed by atoms with Crippen LogP contribution in [-0.2, 0) is 22.7 Å². The number of anilines is 1. The van der Waals surface area contributed by atoms with Crippen molar-refractivity contribution in [3.05, 3.63) is 84.1 Å². The summed E-state index contributed by atoms with van der Waals surface area (Å²) in [5.74, 6) is 0.225. The van der Waals surface area contributed by atoms with Gasteiger partial charge in [-0.2, -0.15) is 0 Å². The Kier molecular flexibility index (Phi) is 9.95. The van der Waals surface area contributed by atoms with E-state index in [2.05, 4.69) is 9.72 Å². The first-order valence-electron chi connectivity index (χ1n) is 13.6. The second-order valence-corrected chi connectivity index (χ2v) is 11.6. The van der Waals surface area contributed by atoms with Gasteiger partial charge in [0.05, 0.1) is 23.2 Å². The van der Waals surface area contributed by atoms with Crippen molar-refractivity contribution in [2.45, 2.75) is 48.8 Å². The predicted octanol–water partition coefficient (Wildman–Crippen LogP) is 6.36. The van der Waals surface area contributed by atoms with Crippen LogP contribution in [0.2, 0.25) is 0 Å². The Morgan fingerprint density at radius 2 is 1.67 bits per heavy atom. The lowest BCUT2D eigenvalue weighted by Crippen LogP contribution is -2.29. The largest absolute Gasteiger partial charge is 0.573 e. The van der Waals surface area contributed by atoms with Crippen LogP contribution in [0, 0.1) is 0 Å². The molecule has 224 valence electrons. The molecule has 1 heterocycles. The number of hydrogen-bond donors (Lipinski definition) is 1. The van der Waals surface area contributed by atoms with Crippen molar-refractivity contribution >= 4 is 26.4 Å². The number of halogens is 3. The predicted molar refractivity (Wildman–Crippen MR) is 155 cm³/mol. The molecule has 4 aromatic rings. The van der Waals surface area contributed by atoms with Gasteiger partial charge in [0, 0.05) is 31.3 Å². The molecule has 0 unspecified atom stereocenters. The molecule has 0 spiro atoms. The lowest BCUT2D eigenvalue weighted by Gasteiger charge is -2.28. The van der Waals surface area contributed by atoms with Crippen LogP contribution < -0.4 is 14.4 Å². The third-order valence-electron chi connectivity index (χ3n) is 6.87. The number of benzene rings is 3. The highest BCUT2D eigenvalue weighted by molar-refractivity contribution is 7.91. The molecule has 0 saturated heterocycles. The molecule has 0 aliphatic rings. The number of fused-ring (bicyclic) bond motifs is 1. The van der Waals surface area contributed by atoms with E-state index in [0.717, 1.165) is 23.6 Å². The summed E-state index contributed by atoms with van der Waals surface area (Å²) in [6.07, 6.45) is -1.41. The van der Waals surface area contributed by atoms with Gasteiger partial charge in [-0.25, -0.2) is 8.42 Å². The van der Waals surface area contributed by atoms with E-state index in [4.69, 9.17) is 4.74 Å². The molecule has 0 bridgehead atoms. The molecule has 1 aromatic heterocycles. The van der Waals surface area contributed by atoms with Gasteiger partial charge in [0.15, 0.2) is 0 Å². The molecule has 0 aliphatic carbocycles. The Hall–Kier alpha value is -3.83. The summed E-state index contributed by atoms with van der Waals surface area (Å²) in [6.45, 7) is 2.42. The van der Waals surface area contributed by atoms with Crippen molar-refractivity contribution in [2.75, 3.05) is 31.7 Å². The maximum atomic E-state index is 14.0. The molecule has 11 heteroatoms. The van der Waals surface area contributed by atoms with Crippen LogP contribution >= 0.6 is 0 Å². The van der Waals surface area contributed by atoms with E-state index < -0.39 is 21.9 Å². The summed E-state index contributed by atoms with van der Waals surface area (Å²) in [7, 11) is -2.55. The van der Waals surface area contributed by atoms with Crippen molar-refractivity contribution in [3.63, 3.8) is 0 Å². The van der Waals surface area contributed by atoms with Gasteiger partial charge in [-0.15, -0.1) is 13.2 Å². The Bertz CT molecular complexity index is 1610. The van der Waals surface area contributed by atoms with E-state index in [-0.39, 0.29) is 34.0 Å². The maximum absolute atomic E-state index is 14.0. The molecule has 3 aromatic carbocycles. The quantitative estimate of drug-likeness (QED) is 0.191. The van der Waals surface area contributed by atoms with E-state index in [1.54, 1.807) is 24.1 Å². The summed E-state index contributed by atoms with van der Waals surface area (Å²) in [5.41, 5.74) is 2.50. The molecule has 4 rings (SSSR count). The number of ether oxygens (including phenoxy) is 2. The summed E-state index contributed by atoms with van der Waals surface area (Å²) >= 11 is 0. The molecular weight excluding hydrogens is 569 g/mol. The molecule has 0 radical (unpaired) electrons. The van der Waals surface area contributed by atoms with Gasteiger partial charge in [-0.05, 0) is 79.3 Å². The molecule has 0 saturated carbocycles. The monoisotopic (exact) mass is 602 g/mol. The number of alkyl halides is 3. The first-order chi connectivity index (χ1) is 20.1. The van der Waals surface area contributed by atoms with E-state index >= 15 is 0 Å². The summed E-state index contributed by atoms with van der Waals surface area (Å²) in [5, 5.41) is 9.85. The Balaban J connectivity index is 1.84. The fourth-order valence-electron chi connectivity index (χ4n) is 4.79. The zero-order valence-electron chi connectivity index (χ0n) is 23.4. The van der Waals surface area contributed by atoms with Crippen LogP contribution in [0.4, 0.5) is 18.9 Å². The van der Waals surface area contributed by atoms with Gasteiger partial charge in [0.2, 0.25) is 9.84 Å². The Morgan fingerprint density at radius 3 is 2.33 bits per heavy atom. The second kappa shape index (κ2) is 13.4. The van der Waals surface area contributed by atoms with Gasteiger partial charge in [0.1, 0.15) is 16.4 Å². The number of nitrogens with zero attached hydrogens (tertiary/aromatic N) is 2. The number of hydrogen-bond acceptors (Lipinski definition) is 7. The van der Waals surface area contributed by atoms with Gasteiger partial charge in [-0.1, -0.05) is 31.2 Å². The minimum Gasteiger partial charge on any atom is -0.497 e. The first-order valence-corrected chi connectivity index (χ1v) is 15.1. The lowest BCUT2D eigenvalue weighted by molar-refractivity contribution is -0.274. The third-order valence-corrected chi connectivity index (χ3v) is 8.64. The number of aryl methyl sites for hydroxylation is 2. The van der Waals surface area contributed by atoms with E-state index in [1.807, 2.05) is 31.2 Å². The average molecular weight is 603 g/mol. The van der Waals surface area contributed by atoms with Crippen molar-refractivity contribution in [1.29, 1.82) is 0 Å². The molecule has 1 N–H and O–H groups in total. The average Bonchev–Trinajstić information content (AvgIpc) is 2.97. The molecule has 7 nitrogen and oxygen atoms in total. The first kappa shape index (κ1) is 31.1. The Labute approximate surface area is 243 Å². The van der Waals surface area contributed by atoms with Crippen molar-refractivity contribution in [3.8, 4) is 11.5 Å². The van der Waals surface area contributed by atoms with Crippen LogP contribution in [0.25, 0.3) is 10.9 Å². The van der Waals surface area contributed by atoms with Crippen LogP contribution in [-0.4, -0.2) is 51.7 Å². The zero-order chi connectivity index (χ0) is 30.3.